The molecule has 230 valence electrons. The Kier molecular flexibility index (Phi) is 10.9. The summed E-state index contributed by atoms with van der Waals surface area (Å²) in [6.45, 7) is 4.47. The van der Waals surface area contributed by atoms with Crippen LogP contribution in [0.5, 0.6) is 11.5 Å². The van der Waals surface area contributed by atoms with Crippen molar-refractivity contribution in [3.05, 3.63) is 119 Å². The molecule has 0 fully saturated rings. The zero-order chi connectivity index (χ0) is 31.9. The average molecular weight is 655 g/mol. The van der Waals surface area contributed by atoms with Crippen molar-refractivity contribution in [1.29, 1.82) is 0 Å². The van der Waals surface area contributed by atoms with E-state index in [0.29, 0.717) is 27.1 Å². The first-order valence-electron chi connectivity index (χ1n) is 13.9. The molecular formula is C33H33Cl2N3O5S. The molecule has 0 aromatic heterocycles. The van der Waals surface area contributed by atoms with Crippen LogP contribution in [0.3, 0.4) is 0 Å². The Hall–Kier alpha value is -4.05. The first kappa shape index (κ1) is 32.9. The number of benzene rings is 4. The summed E-state index contributed by atoms with van der Waals surface area (Å²) >= 11 is 12.9. The van der Waals surface area contributed by atoms with E-state index in [1.807, 2.05) is 18.2 Å². The van der Waals surface area contributed by atoms with Gasteiger partial charge in [-0.1, -0.05) is 65.7 Å². The molecule has 0 radical (unpaired) electrons. The fraction of sp³-hybridized carbons (Fsp3) is 0.212. The van der Waals surface area contributed by atoms with Gasteiger partial charge in [0.2, 0.25) is 11.8 Å². The molecule has 0 bridgehead atoms. The van der Waals surface area contributed by atoms with E-state index in [1.54, 1.807) is 93.6 Å². The highest BCUT2D eigenvalue weighted by molar-refractivity contribution is 7.92. The fourth-order valence-corrected chi connectivity index (χ4v) is 6.35. The maximum absolute atomic E-state index is 14.1. The number of ether oxygens (including phenoxy) is 1. The summed E-state index contributed by atoms with van der Waals surface area (Å²) in [5.41, 5.74) is 0.672. The number of amides is 2. The highest BCUT2D eigenvalue weighted by atomic mass is 35.5. The Morgan fingerprint density at radius 3 is 1.89 bits per heavy atom. The highest BCUT2D eigenvalue weighted by Gasteiger charge is 2.33. The van der Waals surface area contributed by atoms with Crippen LogP contribution in [-0.4, -0.2) is 43.8 Å². The molecular weight excluding hydrogens is 621 g/mol. The van der Waals surface area contributed by atoms with Crippen LogP contribution in [0.1, 0.15) is 26.3 Å². The van der Waals surface area contributed by atoms with E-state index in [4.69, 9.17) is 27.9 Å². The standard InChI is InChI=1S/C33H33Cl2N3O5S/c1-23(2)36-33(40)24(3)37(21-29-30(34)15-10-16-31(29)35)32(39)22-38(44(41,42)28-13-8-5-9-14-28)25-17-19-27(20-18-25)43-26-11-6-4-7-12-26/h4-20,23-24H,21-22H2,1-3H3,(H,36,40). The number of hydrogen-bond donors (Lipinski definition) is 1. The van der Waals surface area contributed by atoms with Crippen molar-refractivity contribution in [3.8, 4) is 11.5 Å². The van der Waals surface area contributed by atoms with Gasteiger partial charge in [-0.3, -0.25) is 13.9 Å². The molecule has 11 heteroatoms. The number of sulfonamides is 1. The van der Waals surface area contributed by atoms with Crippen LogP contribution in [-0.2, 0) is 26.2 Å². The van der Waals surface area contributed by atoms with Crippen molar-refractivity contribution in [2.24, 2.45) is 0 Å². The molecule has 1 atom stereocenters. The lowest BCUT2D eigenvalue weighted by Gasteiger charge is -2.32. The Morgan fingerprint density at radius 1 is 0.773 bits per heavy atom. The van der Waals surface area contributed by atoms with Gasteiger partial charge < -0.3 is 15.0 Å². The number of hydrogen-bond acceptors (Lipinski definition) is 5. The molecule has 2 amide bonds. The van der Waals surface area contributed by atoms with Gasteiger partial charge in [-0.15, -0.1) is 0 Å². The molecule has 4 aromatic carbocycles. The summed E-state index contributed by atoms with van der Waals surface area (Å²) in [4.78, 5) is 28.5. The van der Waals surface area contributed by atoms with Gasteiger partial charge in [0.1, 0.15) is 24.1 Å². The molecule has 1 N–H and O–H groups in total. The second-order valence-electron chi connectivity index (χ2n) is 10.3. The largest absolute Gasteiger partial charge is 0.457 e. The lowest BCUT2D eigenvalue weighted by Crippen LogP contribution is -2.52. The van der Waals surface area contributed by atoms with E-state index >= 15 is 0 Å². The first-order valence-corrected chi connectivity index (χ1v) is 16.1. The SMILES string of the molecule is CC(C)NC(=O)C(C)N(Cc1c(Cl)cccc1Cl)C(=O)CN(c1ccc(Oc2ccccc2)cc1)S(=O)(=O)c1ccccc1. The van der Waals surface area contributed by atoms with Gasteiger partial charge in [-0.2, -0.15) is 0 Å². The van der Waals surface area contributed by atoms with Gasteiger partial charge in [0.25, 0.3) is 10.0 Å². The number of carbonyl (C=O) groups excluding carboxylic acids is 2. The number of nitrogens with one attached hydrogen (secondary N) is 1. The summed E-state index contributed by atoms with van der Waals surface area (Å²) in [6, 6.07) is 27.2. The zero-order valence-corrected chi connectivity index (χ0v) is 26.8. The second kappa shape index (κ2) is 14.6. The molecule has 44 heavy (non-hydrogen) atoms. The van der Waals surface area contributed by atoms with Crippen LogP contribution in [0.2, 0.25) is 10.0 Å². The molecule has 8 nitrogen and oxygen atoms in total. The van der Waals surface area contributed by atoms with E-state index in [-0.39, 0.29) is 23.2 Å². The summed E-state index contributed by atoms with van der Waals surface area (Å²) in [6.07, 6.45) is 0. The molecule has 0 aliphatic heterocycles. The summed E-state index contributed by atoms with van der Waals surface area (Å²) in [5.74, 6) is 0.0666. The monoisotopic (exact) mass is 653 g/mol. The van der Waals surface area contributed by atoms with Gasteiger partial charge in [0.05, 0.1) is 10.6 Å². The minimum atomic E-state index is -4.22. The molecule has 0 spiro atoms. The fourth-order valence-electron chi connectivity index (χ4n) is 4.39. The summed E-state index contributed by atoms with van der Waals surface area (Å²) in [5, 5.41) is 3.44. The number of halogens is 2. The van der Waals surface area contributed by atoms with Crippen LogP contribution in [0.25, 0.3) is 0 Å². The van der Waals surface area contributed by atoms with Gasteiger partial charge in [0, 0.05) is 28.2 Å². The third-order valence-corrected chi connectivity index (χ3v) is 9.20. The molecule has 0 heterocycles. The predicted octanol–water partition coefficient (Wildman–Crippen LogP) is 6.92. The normalized spacial score (nSPS) is 12.0. The minimum absolute atomic E-state index is 0.00343. The Labute approximate surface area is 268 Å². The van der Waals surface area contributed by atoms with Crippen LogP contribution < -0.4 is 14.4 Å². The maximum atomic E-state index is 14.1. The minimum Gasteiger partial charge on any atom is -0.457 e. The highest BCUT2D eigenvalue weighted by Crippen LogP contribution is 2.30. The Bertz CT molecular complexity index is 1670. The van der Waals surface area contributed by atoms with Crippen molar-refractivity contribution in [1.82, 2.24) is 10.2 Å². The lowest BCUT2D eigenvalue weighted by atomic mass is 10.1. The van der Waals surface area contributed by atoms with Crippen molar-refractivity contribution in [2.75, 3.05) is 10.8 Å². The molecule has 0 aliphatic rings. The van der Waals surface area contributed by atoms with Crippen molar-refractivity contribution in [2.45, 2.75) is 44.3 Å². The van der Waals surface area contributed by atoms with Gasteiger partial charge >= 0.3 is 0 Å². The number of carbonyl (C=O) groups is 2. The van der Waals surface area contributed by atoms with Crippen molar-refractivity contribution in [3.63, 3.8) is 0 Å². The summed E-state index contributed by atoms with van der Waals surface area (Å²) in [7, 11) is -4.22. The molecule has 0 saturated carbocycles. The van der Waals surface area contributed by atoms with Gasteiger partial charge in [0.15, 0.2) is 0 Å². The Morgan fingerprint density at radius 2 is 1.32 bits per heavy atom. The number of nitrogens with zero attached hydrogens (tertiary/aromatic N) is 2. The van der Waals surface area contributed by atoms with Crippen molar-refractivity contribution >= 4 is 50.7 Å². The van der Waals surface area contributed by atoms with E-state index in [2.05, 4.69) is 5.32 Å². The second-order valence-corrected chi connectivity index (χ2v) is 13.0. The first-order chi connectivity index (χ1) is 21.0. The number of rotatable bonds is 12. The smallest absolute Gasteiger partial charge is 0.264 e. The third kappa shape index (κ3) is 8.11. The number of anilines is 1. The zero-order valence-electron chi connectivity index (χ0n) is 24.5. The van der Waals surface area contributed by atoms with Crippen LogP contribution in [0, 0.1) is 0 Å². The van der Waals surface area contributed by atoms with Crippen LogP contribution in [0.4, 0.5) is 5.69 Å². The molecule has 4 aromatic rings. The number of para-hydroxylation sites is 1. The van der Waals surface area contributed by atoms with E-state index < -0.39 is 34.4 Å². The third-order valence-electron chi connectivity index (χ3n) is 6.70. The summed E-state index contributed by atoms with van der Waals surface area (Å²) < 4.78 is 34.9. The topological polar surface area (TPSA) is 96.0 Å². The van der Waals surface area contributed by atoms with Gasteiger partial charge in [-0.25, -0.2) is 8.42 Å². The van der Waals surface area contributed by atoms with Crippen LogP contribution in [0.15, 0.2) is 108 Å². The average Bonchev–Trinajstić information content (AvgIpc) is 3.00. The predicted molar refractivity (Wildman–Crippen MR) is 174 cm³/mol. The van der Waals surface area contributed by atoms with E-state index in [0.717, 1.165) is 4.31 Å². The maximum Gasteiger partial charge on any atom is 0.264 e. The lowest BCUT2D eigenvalue weighted by molar-refractivity contribution is -0.139. The van der Waals surface area contributed by atoms with Crippen LogP contribution >= 0.6 is 23.2 Å². The van der Waals surface area contributed by atoms with Crippen molar-refractivity contribution < 1.29 is 22.7 Å². The Balaban J connectivity index is 1.72. The molecule has 0 saturated heterocycles. The molecule has 1 unspecified atom stereocenters. The molecule has 4 rings (SSSR count). The van der Waals surface area contributed by atoms with E-state index in [1.165, 1.54) is 17.0 Å². The molecule has 0 aliphatic carbocycles. The van der Waals surface area contributed by atoms with E-state index in [9.17, 15) is 18.0 Å². The quantitative estimate of drug-likeness (QED) is 0.179. The van der Waals surface area contributed by atoms with Gasteiger partial charge in [-0.05, 0) is 81.4 Å².